The highest BCUT2D eigenvalue weighted by Gasteiger charge is 2.20. The zero-order chi connectivity index (χ0) is 19.1. The van der Waals surface area contributed by atoms with E-state index in [1.807, 2.05) is 17.0 Å². The molecule has 28 heavy (non-hydrogen) atoms. The Kier molecular flexibility index (Phi) is 4.57. The van der Waals surface area contributed by atoms with E-state index in [-0.39, 0.29) is 5.91 Å². The maximum Gasteiger partial charge on any atom is 0.254 e. The quantitative estimate of drug-likeness (QED) is 0.718. The first-order chi connectivity index (χ1) is 13.7. The van der Waals surface area contributed by atoms with Gasteiger partial charge in [-0.25, -0.2) is 0 Å². The van der Waals surface area contributed by atoms with Crippen LogP contribution in [-0.2, 0) is 4.74 Å². The molecule has 0 atom stereocenters. The molecule has 3 heterocycles. The van der Waals surface area contributed by atoms with Crippen molar-refractivity contribution in [2.45, 2.75) is 25.7 Å². The van der Waals surface area contributed by atoms with Crippen molar-refractivity contribution in [1.82, 2.24) is 15.2 Å². The second kappa shape index (κ2) is 7.22. The molecular formula is C23H27N3O2. The van der Waals surface area contributed by atoms with Crippen molar-refractivity contribution in [2.24, 2.45) is 0 Å². The first kappa shape index (κ1) is 17.7. The van der Waals surface area contributed by atoms with E-state index in [1.165, 1.54) is 40.3 Å². The van der Waals surface area contributed by atoms with Crippen LogP contribution in [-0.4, -0.2) is 55.2 Å². The fraction of sp³-hybridized carbons (Fsp3) is 0.435. The van der Waals surface area contributed by atoms with Gasteiger partial charge in [-0.1, -0.05) is 12.1 Å². The van der Waals surface area contributed by atoms with Gasteiger partial charge in [-0.2, -0.15) is 0 Å². The summed E-state index contributed by atoms with van der Waals surface area (Å²) in [6, 6.07) is 10.8. The Morgan fingerprint density at radius 1 is 1.07 bits per heavy atom. The van der Waals surface area contributed by atoms with Gasteiger partial charge in [-0.15, -0.1) is 0 Å². The normalized spacial score (nSPS) is 18.8. The van der Waals surface area contributed by atoms with Crippen LogP contribution < -0.4 is 5.32 Å². The van der Waals surface area contributed by atoms with E-state index in [1.54, 1.807) is 0 Å². The van der Waals surface area contributed by atoms with E-state index >= 15 is 0 Å². The number of fused-ring (bicyclic) bond motifs is 3. The molecule has 0 radical (unpaired) electrons. The number of hydrogen-bond acceptors (Lipinski definition) is 3. The molecule has 5 heteroatoms. The van der Waals surface area contributed by atoms with Crippen LogP contribution in [0.2, 0.25) is 0 Å². The average molecular weight is 377 g/mol. The van der Waals surface area contributed by atoms with Gasteiger partial charge in [0.15, 0.2) is 0 Å². The maximum absolute atomic E-state index is 12.8. The number of carbonyl (C=O) groups excluding carboxylic acids is 1. The Labute approximate surface area is 165 Å². The predicted octanol–water partition coefficient (Wildman–Crippen LogP) is 3.57. The molecule has 1 aromatic heterocycles. The van der Waals surface area contributed by atoms with Crippen LogP contribution in [0.15, 0.2) is 30.3 Å². The number of amides is 1. The molecule has 2 N–H and O–H groups in total. The molecule has 0 saturated carbocycles. The van der Waals surface area contributed by atoms with Gasteiger partial charge < -0.3 is 19.9 Å². The number of hydrogen-bond donors (Lipinski definition) is 2. The summed E-state index contributed by atoms with van der Waals surface area (Å²) < 4.78 is 5.37. The monoisotopic (exact) mass is 377 g/mol. The van der Waals surface area contributed by atoms with Crippen LogP contribution >= 0.6 is 0 Å². The summed E-state index contributed by atoms with van der Waals surface area (Å²) >= 11 is 0. The van der Waals surface area contributed by atoms with E-state index in [2.05, 4.69) is 35.4 Å². The second-order valence-electron chi connectivity index (χ2n) is 8.07. The number of aromatic nitrogens is 1. The summed E-state index contributed by atoms with van der Waals surface area (Å²) in [6.07, 6.45) is 2.40. The first-order valence-electron chi connectivity index (χ1n) is 10.3. The van der Waals surface area contributed by atoms with E-state index < -0.39 is 0 Å². The molecule has 2 saturated heterocycles. The number of benzene rings is 2. The minimum absolute atomic E-state index is 0.0935. The summed E-state index contributed by atoms with van der Waals surface area (Å²) in [5.74, 6) is 0.729. The Hall–Kier alpha value is -2.37. The second-order valence-corrected chi connectivity index (χ2v) is 8.07. The lowest BCUT2D eigenvalue weighted by molar-refractivity contribution is 0.0303. The molecular weight excluding hydrogens is 350 g/mol. The van der Waals surface area contributed by atoms with E-state index in [9.17, 15) is 4.79 Å². The Balaban J connectivity index is 1.54. The van der Waals surface area contributed by atoms with Crippen LogP contribution in [0.5, 0.6) is 0 Å². The molecule has 5 rings (SSSR count). The highest BCUT2D eigenvalue weighted by Crippen LogP contribution is 2.34. The number of nitrogens with one attached hydrogen (secondary N) is 2. The molecule has 0 unspecified atom stereocenters. The number of piperidine rings is 1. The third-order valence-corrected chi connectivity index (χ3v) is 6.28. The molecule has 0 spiro atoms. The van der Waals surface area contributed by atoms with Crippen molar-refractivity contribution in [2.75, 3.05) is 39.4 Å². The highest BCUT2D eigenvalue weighted by atomic mass is 16.5. The van der Waals surface area contributed by atoms with Crippen molar-refractivity contribution in [1.29, 1.82) is 0 Å². The standard InChI is InChI=1S/C23H27N3O2/c1-15-12-18(16-4-6-24-7-5-16)13-20-19-3-2-17(14-21(19)25-22(15)20)23(27)26-8-10-28-11-9-26/h2-3,12-14,16,24-25H,4-11H2,1H3. The van der Waals surface area contributed by atoms with Crippen LogP contribution in [0.1, 0.15) is 40.2 Å². The summed E-state index contributed by atoms with van der Waals surface area (Å²) in [7, 11) is 0. The van der Waals surface area contributed by atoms with Crippen molar-refractivity contribution < 1.29 is 9.53 Å². The fourth-order valence-electron chi connectivity index (χ4n) is 4.68. The molecule has 146 valence electrons. The lowest BCUT2D eigenvalue weighted by atomic mass is 9.88. The summed E-state index contributed by atoms with van der Waals surface area (Å²) in [4.78, 5) is 18.3. The first-order valence-corrected chi connectivity index (χ1v) is 10.3. The van der Waals surface area contributed by atoms with Gasteiger partial charge in [0.25, 0.3) is 5.91 Å². The molecule has 0 aliphatic carbocycles. The Morgan fingerprint density at radius 3 is 2.64 bits per heavy atom. The topological polar surface area (TPSA) is 57.4 Å². The van der Waals surface area contributed by atoms with Crippen LogP contribution in [0.3, 0.4) is 0 Å². The number of H-pyrrole nitrogens is 1. The van der Waals surface area contributed by atoms with Gasteiger partial charge >= 0.3 is 0 Å². The van der Waals surface area contributed by atoms with E-state index in [0.717, 1.165) is 24.2 Å². The number of morpholine rings is 1. The average Bonchev–Trinajstić information content (AvgIpc) is 3.13. The maximum atomic E-state index is 12.8. The van der Waals surface area contributed by atoms with Crippen molar-refractivity contribution >= 4 is 27.7 Å². The molecule has 2 aromatic carbocycles. The van der Waals surface area contributed by atoms with Crippen molar-refractivity contribution in [3.8, 4) is 0 Å². The van der Waals surface area contributed by atoms with Crippen molar-refractivity contribution in [3.63, 3.8) is 0 Å². The van der Waals surface area contributed by atoms with Gasteiger partial charge in [0.05, 0.1) is 13.2 Å². The van der Waals surface area contributed by atoms with Gasteiger partial charge in [0, 0.05) is 40.5 Å². The lowest BCUT2D eigenvalue weighted by Crippen LogP contribution is -2.40. The minimum atomic E-state index is 0.0935. The number of aromatic amines is 1. The number of carbonyl (C=O) groups is 1. The molecule has 1 amide bonds. The largest absolute Gasteiger partial charge is 0.378 e. The summed E-state index contributed by atoms with van der Waals surface area (Å²) in [5, 5.41) is 5.93. The third kappa shape index (κ3) is 3.09. The SMILES string of the molecule is Cc1cc(C2CCNCC2)cc2c1[nH]c1cc(C(=O)N3CCOCC3)ccc12. The molecule has 2 aliphatic rings. The predicted molar refractivity (Wildman–Crippen MR) is 112 cm³/mol. The van der Waals surface area contributed by atoms with Crippen molar-refractivity contribution in [3.05, 3.63) is 47.0 Å². The third-order valence-electron chi connectivity index (χ3n) is 6.28. The smallest absolute Gasteiger partial charge is 0.254 e. The van der Waals surface area contributed by atoms with Gasteiger partial charge in [-0.3, -0.25) is 4.79 Å². The zero-order valence-corrected chi connectivity index (χ0v) is 16.4. The lowest BCUT2D eigenvalue weighted by Gasteiger charge is -2.26. The molecule has 2 fully saturated rings. The highest BCUT2D eigenvalue weighted by molar-refractivity contribution is 6.10. The van der Waals surface area contributed by atoms with E-state index in [4.69, 9.17) is 4.74 Å². The number of ether oxygens (including phenoxy) is 1. The fourth-order valence-corrected chi connectivity index (χ4v) is 4.68. The molecule has 0 bridgehead atoms. The van der Waals surface area contributed by atoms with Crippen LogP contribution in [0.4, 0.5) is 0 Å². The molecule has 3 aromatic rings. The Bertz CT molecular complexity index is 1030. The van der Waals surface area contributed by atoms with Gasteiger partial charge in [-0.05, 0) is 68.1 Å². The zero-order valence-electron chi connectivity index (χ0n) is 16.4. The molecule has 2 aliphatic heterocycles. The number of aryl methyl sites for hydroxylation is 1. The van der Waals surface area contributed by atoms with Crippen LogP contribution in [0, 0.1) is 6.92 Å². The number of nitrogens with zero attached hydrogens (tertiary/aromatic N) is 1. The number of rotatable bonds is 2. The summed E-state index contributed by atoms with van der Waals surface area (Å²) in [6.45, 7) is 6.97. The molecule has 5 nitrogen and oxygen atoms in total. The Morgan fingerprint density at radius 2 is 1.86 bits per heavy atom. The summed E-state index contributed by atoms with van der Waals surface area (Å²) in [5.41, 5.74) is 5.70. The van der Waals surface area contributed by atoms with E-state index in [0.29, 0.717) is 32.2 Å². The minimum Gasteiger partial charge on any atom is -0.378 e. The van der Waals surface area contributed by atoms with Gasteiger partial charge in [0.2, 0.25) is 0 Å². The van der Waals surface area contributed by atoms with Crippen LogP contribution in [0.25, 0.3) is 21.8 Å². The van der Waals surface area contributed by atoms with Gasteiger partial charge in [0.1, 0.15) is 0 Å².